The van der Waals surface area contributed by atoms with E-state index in [1.165, 1.54) is 0 Å². The largest absolute Gasteiger partial charge is 0.273 e. The van der Waals surface area contributed by atoms with Crippen molar-refractivity contribution in [2.45, 2.75) is 12.8 Å². The highest BCUT2D eigenvalue weighted by atomic mass is 16.2. The Hall–Kier alpha value is -2.29. The minimum absolute atomic E-state index is 0.104. The summed E-state index contributed by atoms with van der Waals surface area (Å²) in [5.74, 6) is 0.294. The number of nitrogens with one attached hydrogen (secondary N) is 1. The monoisotopic (exact) mass is 252 g/mol. The Bertz CT molecular complexity index is 510. The van der Waals surface area contributed by atoms with E-state index in [1.54, 1.807) is 0 Å². The third kappa shape index (κ3) is 2.76. The van der Waals surface area contributed by atoms with Crippen molar-refractivity contribution < 1.29 is 4.79 Å². The van der Waals surface area contributed by atoms with Crippen LogP contribution in [0.4, 0.5) is 11.4 Å². The highest BCUT2D eigenvalue weighted by molar-refractivity contribution is 5.84. The normalized spacial score (nSPS) is 13.9. The number of rotatable bonds is 4. The standard InChI is InChI=1S/C16H16N2O/c19-16(13-11-12-13)17-18(14-7-3-1-4-8-14)15-9-5-2-6-10-15/h1-10,13H,11-12H2,(H,17,19). The van der Waals surface area contributed by atoms with Crippen LogP contribution in [0, 0.1) is 5.92 Å². The maximum atomic E-state index is 12.0. The predicted molar refractivity (Wildman–Crippen MR) is 75.9 cm³/mol. The fraction of sp³-hybridized carbons (Fsp3) is 0.188. The molecule has 3 nitrogen and oxygen atoms in total. The van der Waals surface area contributed by atoms with Gasteiger partial charge in [0.1, 0.15) is 0 Å². The molecule has 0 radical (unpaired) electrons. The van der Waals surface area contributed by atoms with Crippen LogP contribution >= 0.6 is 0 Å². The average molecular weight is 252 g/mol. The number of anilines is 2. The molecule has 3 heteroatoms. The molecule has 1 aliphatic carbocycles. The Balaban J connectivity index is 1.89. The molecular weight excluding hydrogens is 236 g/mol. The van der Waals surface area contributed by atoms with Gasteiger partial charge < -0.3 is 0 Å². The van der Waals surface area contributed by atoms with Crippen LogP contribution in [-0.2, 0) is 4.79 Å². The molecule has 1 aliphatic rings. The van der Waals surface area contributed by atoms with Gasteiger partial charge in [-0.2, -0.15) is 0 Å². The molecule has 0 heterocycles. The van der Waals surface area contributed by atoms with E-state index < -0.39 is 0 Å². The number of carbonyl (C=O) groups is 1. The molecular formula is C16H16N2O. The molecule has 19 heavy (non-hydrogen) atoms. The van der Waals surface area contributed by atoms with Crippen LogP contribution in [0.2, 0.25) is 0 Å². The predicted octanol–water partition coefficient (Wildman–Crippen LogP) is 3.27. The van der Waals surface area contributed by atoms with E-state index in [2.05, 4.69) is 5.43 Å². The van der Waals surface area contributed by atoms with E-state index in [1.807, 2.05) is 65.7 Å². The van der Waals surface area contributed by atoms with Crippen molar-refractivity contribution in [2.24, 2.45) is 5.92 Å². The molecule has 96 valence electrons. The van der Waals surface area contributed by atoms with E-state index in [0.717, 1.165) is 24.2 Å². The fourth-order valence-corrected chi connectivity index (χ4v) is 1.98. The number of hydrazine groups is 1. The molecule has 1 N–H and O–H groups in total. The molecule has 1 fully saturated rings. The third-order valence-electron chi connectivity index (χ3n) is 3.20. The molecule has 1 amide bonds. The lowest BCUT2D eigenvalue weighted by Crippen LogP contribution is -2.39. The minimum Gasteiger partial charge on any atom is -0.273 e. The fourth-order valence-electron chi connectivity index (χ4n) is 1.98. The molecule has 0 saturated heterocycles. The number of nitrogens with zero attached hydrogens (tertiary/aromatic N) is 1. The number of amides is 1. The van der Waals surface area contributed by atoms with Crippen LogP contribution in [0.15, 0.2) is 60.7 Å². The highest BCUT2D eigenvalue weighted by Gasteiger charge is 2.31. The average Bonchev–Trinajstić information content (AvgIpc) is 3.31. The molecule has 0 atom stereocenters. The van der Waals surface area contributed by atoms with Crippen LogP contribution in [0.25, 0.3) is 0 Å². The number of hydrogen-bond acceptors (Lipinski definition) is 2. The molecule has 0 aliphatic heterocycles. The minimum atomic E-state index is 0.104. The van der Waals surface area contributed by atoms with Gasteiger partial charge in [-0.05, 0) is 37.1 Å². The summed E-state index contributed by atoms with van der Waals surface area (Å²) in [5.41, 5.74) is 4.93. The van der Waals surface area contributed by atoms with Gasteiger partial charge in [0, 0.05) is 5.92 Å². The maximum absolute atomic E-state index is 12.0. The van der Waals surface area contributed by atoms with Gasteiger partial charge >= 0.3 is 0 Å². The summed E-state index contributed by atoms with van der Waals surface area (Å²) in [6.45, 7) is 0. The Labute approximate surface area is 112 Å². The summed E-state index contributed by atoms with van der Waals surface area (Å²) < 4.78 is 0. The zero-order valence-electron chi connectivity index (χ0n) is 10.6. The zero-order chi connectivity index (χ0) is 13.1. The van der Waals surface area contributed by atoms with Gasteiger partial charge in [-0.3, -0.25) is 15.2 Å². The second kappa shape index (κ2) is 5.14. The van der Waals surface area contributed by atoms with Crippen LogP contribution in [0.1, 0.15) is 12.8 Å². The van der Waals surface area contributed by atoms with Crippen molar-refractivity contribution in [2.75, 3.05) is 5.01 Å². The molecule has 3 rings (SSSR count). The van der Waals surface area contributed by atoms with Gasteiger partial charge in [-0.15, -0.1) is 0 Å². The molecule has 0 bridgehead atoms. The summed E-state index contributed by atoms with van der Waals surface area (Å²) in [6.07, 6.45) is 2.01. The van der Waals surface area contributed by atoms with E-state index in [-0.39, 0.29) is 11.8 Å². The quantitative estimate of drug-likeness (QED) is 0.847. The Morgan fingerprint density at radius 1 is 0.895 bits per heavy atom. The van der Waals surface area contributed by atoms with Crippen molar-refractivity contribution in [3.63, 3.8) is 0 Å². The van der Waals surface area contributed by atoms with Gasteiger partial charge in [-0.1, -0.05) is 36.4 Å². The molecule has 2 aromatic rings. The molecule has 0 unspecified atom stereocenters. The van der Waals surface area contributed by atoms with Gasteiger partial charge in [0.2, 0.25) is 5.91 Å². The van der Waals surface area contributed by atoms with Crippen LogP contribution in [-0.4, -0.2) is 5.91 Å². The summed E-state index contributed by atoms with van der Waals surface area (Å²) in [4.78, 5) is 12.0. The van der Waals surface area contributed by atoms with E-state index in [9.17, 15) is 4.79 Å². The summed E-state index contributed by atoms with van der Waals surface area (Å²) in [6, 6.07) is 19.7. The first kappa shape index (κ1) is 11.8. The van der Waals surface area contributed by atoms with Crippen molar-refractivity contribution in [1.82, 2.24) is 5.43 Å². The first-order valence-electron chi connectivity index (χ1n) is 6.55. The third-order valence-corrected chi connectivity index (χ3v) is 3.20. The zero-order valence-corrected chi connectivity index (χ0v) is 10.6. The van der Waals surface area contributed by atoms with Crippen molar-refractivity contribution in [3.8, 4) is 0 Å². The van der Waals surface area contributed by atoms with Gasteiger partial charge in [-0.25, -0.2) is 0 Å². The van der Waals surface area contributed by atoms with Gasteiger partial charge in [0.25, 0.3) is 0 Å². The lowest BCUT2D eigenvalue weighted by Gasteiger charge is -2.25. The van der Waals surface area contributed by atoms with Crippen molar-refractivity contribution in [1.29, 1.82) is 0 Å². The van der Waals surface area contributed by atoms with Crippen molar-refractivity contribution in [3.05, 3.63) is 60.7 Å². The SMILES string of the molecule is O=C(NN(c1ccccc1)c1ccccc1)C1CC1. The van der Waals surface area contributed by atoms with Gasteiger partial charge in [0.15, 0.2) is 0 Å². The number of para-hydroxylation sites is 2. The number of carbonyl (C=O) groups excluding carboxylic acids is 1. The topological polar surface area (TPSA) is 32.3 Å². The van der Waals surface area contributed by atoms with Crippen LogP contribution in [0.3, 0.4) is 0 Å². The van der Waals surface area contributed by atoms with Crippen molar-refractivity contribution >= 4 is 17.3 Å². The Morgan fingerprint density at radius 3 is 1.79 bits per heavy atom. The molecule has 1 saturated carbocycles. The van der Waals surface area contributed by atoms with E-state index in [4.69, 9.17) is 0 Å². The Kier molecular flexibility index (Phi) is 3.19. The second-order valence-electron chi connectivity index (χ2n) is 4.76. The van der Waals surface area contributed by atoms with Crippen LogP contribution < -0.4 is 10.4 Å². The van der Waals surface area contributed by atoms with E-state index >= 15 is 0 Å². The number of hydrogen-bond donors (Lipinski definition) is 1. The Morgan fingerprint density at radius 2 is 1.37 bits per heavy atom. The summed E-state index contributed by atoms with van der Waals surface area (Å²) in [5, 5.41) is 1.85. The first-order chi connectivity index (χ1) is 9.34. The maximum Gasteiger partial charge on any atom is 0.241 e. The smallest absolute Gasteiger partial charge is 0.241 e. The highest BCUT2D eigenvalue weighted by Crippen LogP contribution is 2.30. The molecule has 0 aromatic heterocycles. The first-order valence-corrected chi connectivity index (χ1v) is 6.55. The lowest BCUT2D eigenvalue weighted by atomic mass is 10.2. The number of benzene rings is 2. The molecule has 0 spiro atoms. The summed E-state index contributed by atoms with van der Waals surface area (Å²) >= 11 is 0. The van der Waals surface area contributed by atoms with Crippen LogP contribution in [0.5, 0.6) is 0 Å². The van der Waals surface area contributed by atoms with Gasteiger partial charge in [0.05, 0.1) is 11.4 Å². The lowest BCUT2D eigenvalue weighted by molar-refractivity contribution is -0.122. The van der Waals surface area contributed by atoms with E-state index in [0.29, 0.717) is 0 Å². The molecule has 2 aromatic carbocycles. The summed E-state index contributed by atoms with van der Waals surface area (Å²) in [7, 11) is 0. The second-order valence-corrected chi connectivity index (χ2v) is 4.76.